The fourth-order valence-corrected chi connectivity index (χ4v) is 4.67. The van der Waals surface area contributed by atoms with Crippen molar-refractivity contribution in [3.63, 3.8) is 0 Å². The van der Waals surface area contributed by atoms with Crippen LogP contribution in [0.2, 0.25) is 0 Å². The topological polar surface area (TPSA) is 104 Å². The summed E-state index contributed by atoms with van der Waals surface area (Å²) in [7, 11) is 0. The van der Waals surface area contributed by atoms with Crippen LogP contribution in [-0.4, -0.2) is 54.7 Å². The van der Waals surface area contributed by atoms with Gasteiger partial charge in [-0.2, -0.15) is 23.4 Å². The number of anilines is 2. The van der Waals surface area contributed by atoms with Gasteiger partial charge in [0.2, 0.25) is 0 Å². The van der Waals surface area contributed by atoms with Gasteiger partial charge >= 0.3 is 6.18 Å². The fourth-order valence-electron chi connectivity index (χ4n) is 4.67. The predicted molar refractivity (Wildman–Crippen MR) is 127 cm³/mol. The van der Waals surface area contributed by atoms with Crippen LogP contribution < -0.4 is 10.6 Å². The van der Waals surface area contributed by atoms with Crippen LogP contribution in [0.4, 0.5) is 29.1 Å². The normalized spacial score (nSPS) is 18.1. The first kappa shape index (κ1) is 24.7. The molecule has 0 saturated carbocycles. The number of nitrogens with zero attached hydrogens (tertiary/aromatic N) is 6. The average molecular weight is 517 g/mol. The summed E-state index contributed by atoms with van der Waals surface area (Å²) in [6.07, 6.45) is -2.36. The Morgan fingerprint density at radius 3 is 2.65 bits per heavy atom. The van der Waals surface area contributed by atoms with Crippen LogP contribution in [0.5, 0.6) is 0 Å². The number of alkyl halides is 3. The number of carbonyl (C=O) groups excluding carboxylic acids is 1. The Hall–Kier alpha value is -4.00. The highest BCUT2D eigenvalue weighted by atomic mass is 19.4. The molecule has 194 valence electrons. The molecule has 1 atom stereocenters. The molecule has 13 heteroatoms. The number of morpholine rings is 1. The van der Waals surface area contributed by atoms with E-state index < -0.39 is 30.0 Å². The lowest BCUT2D eigenvalue weighted by molar-refractivity contribution is -0.153. The molecule has 1 saturated heterocycles. The minimum absolute atomic E-state index is 0.0391. The molecule has 0 radical (unpaired) electrons. The minimum Gasteiger partial charge on any atom is -0.382 e. The zero-order valence-electron chi connectivity index (χ0n) is 20.1. The second-order valence-electron chi connectivity index (χ2n) is 9.36. The molecule has 0 aliphatic carbocycles. The summed E-state index contributed by atoms with van der Waals surface area (Å²) < 4.78 is 62.5. The highest BCUT2D eigenvalue weighted by Crippen LogP contribution is 2.38. The molecule has 1 aliphatic rings. The minimum atomic E-state index is -4.50. The van der Waals surface area contributed by atoms with E-state index in [1.807, 2.05) is 0 Å². The van der Waals surface area contributed by atoms with Gasteiger partial charge < -0.3 is 15.4 Å². The van der Waals surface area contributed by atoms with E-state index in [1.54, 1.807) is 26.8 Å². The van der Waals surface area contributed by atoms with E-state index in [0.717, 1.165) is 4.68 Å². The van der Waals surface area contributed by atoms with Crippen LogP contribution in [0, 0.1) is 5.82 Å². The van der Waals surface area contributed by atoms with E-state index in [-0.39, 0.29) is 35.4 Å². The second-order valence-corrected chi connectivity index (χ2v) is 9.36. The quantitative estimate of drug-likeness (QED) is 0.410. The van der Waals surface area contributed by atoms with Gasteiger partial charge in [-0.3, -0.25) is 9.48 Å². The van der Waals surface area contributed by atoms with Gasteiger partial charge in [-0.25, -0.2) is 13.9 Å². The van der Waals surface area contributed by atoms with Crippen LogP contribution in [0.1, 0.15) is 20.8 Å². The molecule has 9 nitrogen and oxygen atoms in total. The maximum Gasteiger partial charge on any atom is 0.408 e. The van der Waals surface area contributed by atoms with Gasteiger partial charge in [0.05, 0.1) is 29.7 Å². The van der Waals surface area contributed by atoms with E-state index in [9.17, 15) is 18.0 Å². The Labute approximate surface area is 208 Å². The molecular weight excluding hydrogens is 494 g/mol. The number of halogens is 4. The summed E-state index contributed by atoms with van der Waals surface area (Å²) in [6.45, 7) is 3.88. The molecule has 0 bridgehead atoms. The first-order valence-corrected chi connectivity index (χ1v) is 11.4. The van der Waals surface area contributed by atoms with Gasteiger partial charge in [0.15, 0.2) is 5.82 Å². The summed E-state index contributed by atoms with van der Waals surface area (Å²) in [4.78, 5) is 18.4. The molecule has 1 unspecified atom stereocenters. The number of nitrogen functional groups attached to an aromatic ring is 1. The van der Waals surface area contributed by atoms with Crippen molar-refractivity contribution in [3.05, 3.63) is 48.7 Å². The third-order valence-corrected chi connectivity index (χ3v) is 6.13. The van der Waals surface area contributed by atoms with Crippen molar-refractivity contribution in [1.29, 1.82) is 0 Å². The van der Waals surface area contributed by atoms with Gasteiger partial charge in [0, 0.05) is 17.3 Å². The lowest BCUT2D eigenvalue weighted by atomic mass is 10.0. The van der Waals surface area contributed by atoms with Gasteiger partial charge in [-0.1, -0.05) is 0 Å². The van der Waals surface area contributed by atoms with E-state index in [1.165, 1.54) is 46.2 Å². The number of ether oxygens (including phenoxy) is 1. The van der Waals surface area contributed by atoms with Gasteiger partial charge in [-0.15, -0.1) is 0 Å². The fraction of sp³-hybridized carbons (Fsp3) is 0.333. The van der Waals surface area contributed by atoms with Crippen molar-refractivity contribution in [3.8, 4) is 22.5 Å². The van der Waals surface area contributed by atoms with E-state index in [0.29, 0.717) is 16.8 Å². The molecule has 1 aliphatic heterocycles. The number of amides is 1. The Morgan fingerprint density at radius 2 is 1.92 bits per heavy atom. The van der Waals surface area contributed by atoms with Crippen LogP contribution in [0.3, 0.4) is 0 Å². The number of hydrogen-bond donors (Lipinski definition) is 1. The average Bonchev–Trinajstić information content (AvgIpc) is 3.40. The summed E-state index contributed by atoms with van der Waals surface area (Å²) in [6, 6.07) is 7.24. The first-order chi connectivity index (χ1) is 17.4. The molecule has 37 heavy (non-hydrogen) atoms. The highest BCUT2D eigenvalue weighted by molar-refractivity contribution is 6.00. The summed E-state index contributed by atoms with van der Waals surface area (Å²) in [5, 5.41) is 8.06. The van der Waals surface area contributed by atoms with Crippen molar-refractivity contribution >= 4 is 22.9 Å². The number of hydrogen-bond acceptors (Lipinski definition) is 6. The summed E-state index contributed by atoms with van der Waals surface area (Å²) in [5.74, 6) is -0.970. The van der Waals surface area contributed by atoms with Crippen LogP contribution in [0.25, 0.3) is 28.0 Å². The lowest BCUT2D eigenvalue weighted by Crippen LogP contribution is -2.56. The molecule has 2 N–H and O–H groups in total. The SMILES string of the molecule is CC1CN(c2cc(-c3cc(-c4ccnn4CC(F)(F)F)c4c(N)ncnn34)ccc2F)C(=O)C(C)(C)O1. The van der Waals surface area contributed by atoms with Crippen LogP contribution >= 0.6 is 0 Å². The number of benzene rings is 1. The second kappa shape index (κ2) is 8.54. The molecule has 3 aromatic heterocycles. The van der Waals surface area contributed by atoms with Crippen molar-refractivity contribution in [2.45, 2.75) is 45.2 Å². The summed E-state index contributed by atoms with van der Waals surface area (Å²) >= 11 is 0. The number of aromatic nitrogens is 5. The van der Waals surface area contributed by atoms with Crippen LogP contribution in [-0.2, 0) is 16.1 Å². The lowest BCUT2D eigenvalue weighted by Gasteiger charge is -2.40. The third-order valence-electron chi connectivity index (χ3n) is 6.13. The molecule has 0 spiro atoms. The standard InChI is InChI=1S/C24H23F4N7O2/c1-13-10-33(22(36)23(2,3)37-13)19-8-14(4-5-16(19)25)18-9-15(20-21(29)30-12-32-35(18)20)17-6-7-31-34(17)11-24(26,27)28/h4-9,12-13H,10-11H2,1-3H3,(H2,29,30,32). The van der Waals surface area contributed by atoms with Crippen molar-refractivity contribution in [1.82, 2.24) is 24.4 Å². The number of rotatable bonds is 4. The molecule has 4 heterocycles. The summed E-state index contributed by atoms with van der Waals surface area (Å²) in [5.41, 5.74) is 6.63. The van der Waals surface area contributed by atoms with Crippen LogP contribution in [0.15, 0.2) is 42.9 Å². The maximum atomic E-state index is 15.0. The molecule has 1 fully saturated rings. The third kappa shape index (κ3) is 4.39. The highest BCUT2D eigenvalue weighted by Gasteiger charge is 2.41. The zero-order chi connectivity index (χ0) is 26.7. The Balaban J connectivity index is 1.67. The maximum absolute atomic E-state index is 15.0. The predicted octanol–water partition coefficient (Wildman–Crippen LogP) is 4.07. The molecule has 1 amide bonds. The molecule has 1 aromatic carbocycles. The van der Waals surface area contributed by atoms with E-state index in [2.05, 4.69) is 15.2 Å². The van der Waals surface area contributed by atoms with E-state index >= 15 is 4.39 Å². The number of fused-ring (bicyclic) bond motifs is 1. The molecular formula is C24H23F4N7O2. The molecule has 5 rings (SSSR count). The van der Waals surface area contributed by atoms with Gasteiger partial charge in [0.1, 0.15) is 29.8 Å². The smallest absolute Gasteiger partial charge is 0.382 e. The number of nitrogens with two attached hydrogens (primary N) is 1. The first-order valence-electron chi connectivity index (χ1n) is 11.4. The molecule has 4 aromatic rings. The number of carbonyl (C=O) groups is 1. The van der Waals surface area contributed by atoms with Gasteiger partial charge in [0.25, 0.3) is 5.91 Å². The Morgan fingerprint density at radius 1 is 1.16 bits per heavy atom. The van der Waals surface area contributed by atoms with Crippen molar-refractivity contribution in [2.75, 3.05) is 17.2 Å². The van der Waals surface area contributed by atoms with E-state index in [4.69, 9.17) is 10.5 Å². The zero-order valence-corrected chi connectivity index (χ0v) is 20.1. The van der Waals surface area contributed by atoms with Crippen molar-refractivity contribution in [2.24, 2.45) is 0 Å². The van der Waals surface area contributed by atoms with Crippen molar-refractivity contribution < 1.29 is 27.1 Å². The monoisotopic (exact) mass is 517 g/mol. The Kier molecular flexibility index (Phi) is 5.70. The largest absolute Gasteiger partial charge is 0.408 e. The Bertz CT molecular complexity index is 1510. The van der Waals surface area contributed by atoms with Gasteiger partial charge in [-0.05, 0) is 51.1 Å².